The highest BCUT2D eigenvalue weighted by Gasteiger charge is 2.20. The van der Waals surface area contributed by atoms with Gasteiger partial charge in [0.1, 0.15) is 12.3 Å². The molecule has 0 bridgehead atoms. The van der Waals surface area contributed by atoms with Crippen LogP contribution < -0.4 is 4.90 Å². The molecule has 0 unspecified atom stereocenters. The summed E-state index contributed by atoms with van der Waals surface area (Å²) in [6.07, 6.45) is 0. The number of hydrogen-bond donors (Lipinski definition) is 0. The molecule has 0 N–H and O–H groups in total. The van der Waals surface area contributed by atoms with Gasteiger partial charge in [-0.15, -0.1) is 11.3 Å². The lowest BCUT2D eigenvalue weighted by molar-refractivity contribution is 0.0464. The van der Waals surface area contributed by atoms with Gasteiger partial charge in [-0.2, -0.15) is 0 Å². The number of esters is 1. The molecule has 0 aliphatic carbocycles. The molecule has 2 aromatic heterocycles. The summed E-state index contributed by atoms with van der Waals surface area (Å²) >= 11 is 1.57. The van der Waals surface area contributed by atoms with Gasteiger partial charge in [0.2, 0.25) is 0 Å². The van der Waals surface area contributed by atoms with Gasteiger partial charge in [0.15, 0.2) is 5.76 Å². The van der Waals surface area contributed by atoms with Gasteiger partial charge in [-0.25, -0.2) is 4.79 Å². The fraction of sp³-hybridized carbons (Fsp3) is 0.263. The molecule has 0 spiro atoms. The number of benzene rings is 1. The predicted octanol–water partition coefficient (Wildman–Crippen LogP) is 3.60. The van der Waals surface area contributed by atoms with Crippen molar-refractivity contribution in [2.45, 2.75) is 6.61 Å². The molecule has 3 heterocycles. The average molecular weight is 370 g/mol. The van der Waals surface area contributed by atoms with Crippen molar-refractivity contribution in [2.75, 3.05) is 31.2 Å². The maximum atomic E-state index is 12.6. The monoisotopic (exact) mass is 370 g/mol. The highest BCUT2D eigenvalue weighted by Crippen LogP contribution is 2.26. The van der Waals surface area contributed by atoms with Crippen molar-refractivity contribution in [1.29, 1.82) is 0 Å². The predicted molar refractivity (Wildman–Crippen MR) is 98.4 cm³/mol. The fourth-order valence-electron chi connectivity index (χ4n) is 2.86. The molecule has 7 heteroatoms. The van der Waals surface area contributed by atoms with Gasteiger partial charge in [0.25, 0.3) is 0 Å². The van der Waals surface area contributed by atoms with E-state index in [-0.39, 0.29) is 12.6 Å². The van der Waals surface area contributed by atoms with Crippen molar-refractivity contribution < 1.29 is 18.8 Å². The Labute approximate surface area is 154 Å². The third-order valence-electron chi connectivity index (χ3n) is 4.15. The van der Waals surface area contributed by atoms with Crippen LogP contribution in [-0.4, -0.2) is 37.4 Å². The minimum absolute atomic E-state index is 0.0746. The number of carbonyl (C=O) groups excluding carboxylic acids is 1. The van der Waals surface area contributed by atoms with Crippen LogP contribution in [-0.2, 0) is 16.1 Å². The summed E-state index contributed by atoms with van der Waals surface area (Å²) in [4.78, 5) is 15.7. The van der Waals surface area contributed by atoms with Crippen LogP contribution in [0.15, 0.2) is 52.4 Å². The molecule has 3 aromatic rings. The van der Waals surface area contributed by atoms with Crippen LogP contribution in [0.3, 0.4) is 0 Å². The summed E-state index contributed by atoms with van der Waals surface area (Å²) in [5, 5.41) is 5.95. The van der Waals surface area contributed by atoms with Crippen LogP contribution in [0.2, 0.25) is 0 Å². The lowest BCUT2D eigenvalue weighted by Gasteiger charge is -2.30. The minimum Gasteiger partial charge on any atom is -0.455 e. The van der Waals surface area contributed by atoms with E-state index in [0.29, 0.717) is 30.2 Å². The second kappa shape index (κ2) is 7.72. The van der Waals surface area contributed by atoms with E-state index < -0.39 is 0 Å². The number of carbonyl (C=O) groups is 1. The van der Waals surface area contributed by atoms with Gasteiger partial charge in [-0.05, 0) is 23.6 Å². The van der Waals surface area contributed by atoms with Crippen LogP contribution in [0.4, 0.5) is 5.69 Å². The molecule has 1 aliphatic heterocycles. The number of morpholine rings is 1. The molecule has 1 aromatic carbocycles. The molecule has 26 heavy (non-hydrogen) atoms. The van der Waals surface area contributed by atoms with Gasteiger partial charge in [0, 0.05) is 19.2 Å². The average Bonchev–Trinajstić information content (AvgIpc) is 3.38. The molecule has 0 amide bonds. The molecule has 0 atom stereocenters. The van der Waals surface area contributed by atoms with Gasteiger partial charge in [0.05, 0.1) is 29.3 Å². The number of ether oxygens (including phenoxy) is 2. The van der Waals surface area contributed by atoms with E-state index in [1.807, 2.05) is 35.7 Å². The third-order valence-corrected chi connectivity index (χ3v) is 5.03. The zero-order valence-electron chi connectivity index (χ0n) is 14.1. The minimum atomic E-state index is -0.368. The largest absolute Gasteiger partial charge is 0.455 e. The Balaban J connectivity index is 1.44. The van der Waals surface area contributed by atoms with Gasteiger partial charge in [-0.3, -0.25) is 0 Å². The molecule has 134 valence electrons. The number of nitrogens with zero attached hydrogens (tertiary/aromatic N) is 2. The summed E-state index contributed by atoms with van der Waals surface area (Å²) in [6.45, 7) is 2.92. The van der Waals surface area contributed by atoms with Crippen LogP contribution in [0.25, 0.3) is 10.6 Å². The molecule has 4 rings (SSSR count). The van der Waals surface area contributed by atoms with Crippen molar-refractivity contribution >= 4 is 23.0 Å². The summed E-state index contributed by atoms with van der Waals surface area (Å²) < 4.78 is 16.2. The molecule has 0 radical (unpaired) electrons. The van der Waals surface area contributed by atoms with E-state index in [9.17, 15) is 4.79 Å². The van der Waals surface area contributed by atoms with Gasteiger partial charge >= 0.3 is 5.97 Å². The zero-order chi connectivity index (χ0) is 17.8. The number of aromatic nitrogens is 1. The van der Waals surface area contributed by atoms with E-state index in [4.69, 9.17) is 14.0 Å². The second-order valence-corrected chi connectivity index (χ2v) is 6.80. The Morgan fingerprint density at radius 1 is 1.19 bits per heavy atom. The van der Waals surface area contributed by atoms with Crippen LogP contribution in [0, 0.1) is 0 Å². The first-order valence-electron chi connectivity index (χ1n) is 8.39. The number of thiophene rings is 1. The second-order valence-electron chi connectivity index (χ2n) is 5.85. The van der Waals surface area contributed by atoms with E-state index in [2.05, 4.69) is 10.1 Å². The smallest absolute Gasteiger partial charge is 0.340 e. The van der Waals surface area contributed by atoms with E-state index in [1.54, 1.807) is 23.5 Å². The fourth-order valence-corrected chi connectivity index (χ4v) is 3.53. The Kier molecular flexibility index (Phi) is 4.99. The third kappa shape index (κ3) is 3.63. The van der Waals surface area contributed by atoms with Crippen molar-refractivity contribution in [3.63, 3.8) is 0 Å². The number of hydrogen-bond acceptors (Lipinski definition) is 7. The molecule has 1 saturated heterocycles. The first kappa shape index (κ1) is 16.8. The summed E-state index contributed by atoms with van der Waals surface area (Å²) in [5.41, 5.74) is 2.02. The summed E-state index contributed by atoms with van der Waals surface area (Å²) in [7, 11) is 0. The van der Waals surface area contributed by atoms with E-state index >= 15 is 0 Å². The quantitative estimate of drug-likeness (QED) is 0.640. The lowest BCUT2D eigenvalue weighted by Crippen LogP contribution is -2.37. The molecular weight excluding hydrogens is 352 g/mol. The molecule has 1 fully saturated rings. The van der Waals surface area contributed by atoms with Crippen molar-refractivity contribution in [3.8, 4) is 10.6 Å². The first-order valence-corrected chi connectivity index (χ1v) is 9.27. The zero-order valence-corrected chi connectivity index (χ0v) is 14.9. The normalized spacial score (nSPS) is 14.4. The van der Waals surface area contributed by atoms with E-state index in [0.717, 1.165) is 23.7 Å². The Morgan fingerprint density at radius 2 is 2.04 bits per heavy atom. The topological polar surface area (TPSA) is 64.8 Å². The van der Waals surface area contributed by atoms with Crippen LogP contribution >= 0.6 is 11.3 Å². The maximum absolute atomic E-state index is 12.6. The highest BCUT2D eigenvalue weighted by molar-refractivity contribution is 7.13. The van der Waals surface area contributed by atoms with Gasteiger partial charge < -0.3 is 18.9 Å². The van der Waals surface area contributed by atoms with Gasteiger partial charge in [-0.1, -0.05) is 23.4 Å². The molecule has 1 aliphatic rings. The lowest BCUT2D eigenvalue weighted by atomic mass is 10.1. The van der Waals surface area contributed by atoms with Crippen molar-refractivity contribution in [3.05, 3.63) is 59.1 Å². The Morgan fingerprint density at radius 3 is 2.85 bits per heavy atom. The van der Waals surface area contributed by atoms with Crippen molar-refractivity contribution in [1.82, 2.24) is 5.16 Å². The number of rotatable bonds is 5. The summed E-state index contributed by atoms with van der Waals surface area (Å²) in [5.74, 6) is 0.313. The standard InChI is InChI=1S/C19H18N2O4S/c22-19(15-4-1-2-5-16(15)21-7-9-23-10-8-21)24-13-14-12-17(25-20-14)18-6-3-11-26-18/h1-6,11-12H,7-10,13H2. The highest BCUT2D eigenvalue weighted by atomic mass is 32.1. The number of anilines is 1. The maximum Gasteiger partial charge on any atom is 0.340 e. The SMILES string of the molecule is O=C(OCc1cc(-c2cccs2)on1)c1ccccc1N1CCOCC1. The summed E-state index contributed by atoms with van der Waals surface area (Å²) in [6, 6.07) is 13.2. The molecule has 6 nitrogen and oxygen atoms in total. The van der Waals surface area contributed by atoms with Crippen molar-refractivity contribution in [2.24, 2.45) is 0 Å². The number of para-hydroxylation sites is 1. The Hall–Kier alpha value is -2.64. The van der Waals surface area contributed by atoms with E-state index in [1.165, 1.54) is 0 Å². The van der Waals surface area contributed by atoms with Crippen LogP contribution in [0.1, 0.15) is 16.1 Å². The first-order chi connectivity index (χ1) is 12.8. The molecular formula is C19H18N2O4S. The van der Waals surface area contributed by atoms with Crippen LogP contribution in [0.5, 0.6) is 0 Å². The molecule has 0 saturated carbocycles. The Bertz CT molecular complexity index is 869.